The van der Waals surface area contributed by atoms with Crippen molar-refractivity contribution in [3.05, 3.63) is 0 Å². The van der Waals surface area contributed by atoms with Crippen LogP contribution in [0.5, 0.6) is 0 Å². The van der Waals surface area contributed by atoms with Crippen LogP contribution in [0.1, 0.15) is 51.9 Å². The molecule has 23 heavy (non-hydrogen) atoms. The molecule has 0 aromatic carbocycles. The van der Waals surface area contributed by atoms with E-state index in [0.717, 1.165) is 19.6 Å². The quantitative estimate of drug-likeness (QED) is 0.225. The zero-order valence-corrected chi connectivity index (χ0v) is 17.7. The highest BCUT2D eigenvalue weighted by Crippen LogP contribution is 2.16. The van der Waals surface area contributed by atoms with E-state index in [-0.39, 0.29) is 24.0 Å². The summed E-state index contributed by atoms with van der Waals surface area (Å²) in [4.78, 5) is 9.26. The number of likely N-dealkylation sites (N-methyl/N-ethyl adjacent to an activating group) is 1. The molecule has 0 radical (unpaired) electrons. The fourth-order valence-corrected chi connectivity index (χ4v) is 3.08. The van der Waals surface area contributed by atoms with Gasteiger partial charge in [0.1, 0.15) is 0 Å². The zero-order valence-electron chi connectivity index (χ0n) is 15.4. The number of nitrogens with one attached hydrogen (secondary N) is 1. The Morgan fingerprint density at radius 2 is 1.91 bits per heavy atom. The van der Waals surface area contributed by atoms with E-state index in [2.05, 4.69) is 41.1 Å². The lowest BCUT2D eigenvalue weighted by Gasteiger charge is -2.20. The first kappa shape index (κ1) is 22.9. The van der Waals surface area contributed by atoms with Crippen molar-refractivity contribution in [3.63, 3.8) is 0 Å². The molecule has 1 aliphatic rings. The molecule has 1 atom stereocenters. The fourth-order valence-electron chi connectivity index (χ4n) is 3.08. The van der Waals surface area contributed by atoms with Crippen molar-refractivity contribution in [2.24, 2.45) is 10.7 Å². The van der Waals surface area contributed by atoms with Crippen molar-refractivity contribution in [1.29, 1.82) is 0 Å². The van der Waals surface area contributed by atoms with Gasteiger partial charge < -0.3 is 16.0 Å². The molecule has 138 valence electrons. The third kappa shape index (κ3) is 11.2. The summed E-state index contributed by atoms with van der Waals surface area (Å²) in [5.74, 6) is 0.621. The van der Waals surface area contributed by atoms with Crippen LogP contribution in [0.3, 0.4) is 0 Å². The van der Waals surface area contributed by atoms with Gasteiger partial charge in [-0.2, -0.15) is 0 Å². The topological polar surface area (TPSA) is 56.9 Å². The number of nitrogens with two attached hydrogens (primary N) is 1. The number of likely N-dealkylation sites (tertiary alicyclic amines) is 1. The van der Waals surface area contributed by atoms with Gasteiger partial charge >= 0.3 is 0 Å². The van der Waals surface area contributed by atoms with Crippen LogP contribution in [-0.2, 0) is 0 Å². The lowest BCUT2D eigenvalue weighted by Crippen LogP contribution is -2.36. The molecule has 0 aliphatic carbocycles. The average molecular weight is 439 g/mol. The van der Waals surface area contributed by atoms with Crippen molar-refractivity contribution in [2.45, 2.75) is 57.9 Å². The van der Waals surface area contributed by atoms with E-state index >= 15 is 0 Å². The lowest BCUT2D eigenvalue weighted by atomic mass is 10.1. The van der Waals surface area contributed by atoms with E-state index in [1.54, 1.807) is 0 Å². The number of guanidine groups is 1. The van der Waals surface area contributed by atoms with Crippen molar-refractivity contribution in [1.82, 2.24) is 15.1 Å². The standard InChI is InChI=1S/C17H37N5.HI/c1-4-22-14-10-11-16(22)15-20-17(18)19-12-8-6-5-7-9-13-21(2)3;/h16H,4-15H2,1-3H3,(H3,18,19,20);1H. The Bertz CT molecular complexity index is 309. The molecule has 0 amide bonds. The summed E-state index contributed by atoms with van der Waals surface area (Å²) in [5.41, 5.74) is 5.95. The molecular formula is C17H38IN5. The monoisotopic (exact) mass is 439 g/mol. The first-order valence-electron chi connectivity index (χ1n) is 9.06. The van der Waals surface area contributed by atoms with Crippen LogP contribution in [-0.4, -0.2) is 68.6 Å². The third-order valence-corrected chi connectivity index (χ3v) is 4.47. The van der Waals surface area contributed by atoms with Crippen molar-refractivity contribution >= 4 is 29.9 Å². The molecule has 6 heteroatoms. The highest BCUT2D eigenvalue weighted by atomic mass is 127. The van der Waals surface area contributed by atoms with Crippen molar-refractivity contribution < 1.29 is 0 Å². The van der Waals surface area contributed by atoms with E-state index in [4.69, 9.17) is 5.73 Å². The van der Waals surface area contributed by atoms with Crippen LogP contribution in [0.15, 0.2) is 4.99 Å². The van der Waals surface area contributed by atoms with Gasteiger partial charge in [-0.05, 0) is 59.4 Å². The smallest absolute Gasteiger partial charge is 0.188 e. The van der Waals surface area contributed by atoms with Gasteiger partial charge in [0.15, 0.2) is 5.96 Å². The van der Waals surface area contributed by atoms with Gasteiger partial charge in [0.2, 0.25) is 0 Å². The largest absolute Gasteiger partial charge is 0.370 e. The van der Waals surface area contributed by atoms with Crippen LogP contribution in [0.2, 0.25) is 0 Å². The van der Waals surface area contributed by atoms with Crippen LogP contribution < -0.4 is 11.1 Å². The highest BCUT2D eigenvalue weighted by Gasteiger charge is 2.22. The zero-order chi connectivity index (χ0) is 16.2. The molecule has 0 saturated carbocycles. The number of halogens is 1. The SMILES string of the molecule is CCN1CCCC1CN=C(N)NCCCCCCCN(C)C.I. The number of hydrogen-bond donors (Lipinski definition) is 2. The van der Waals surface area contributed by atoms with Crippen LogP contribution >= 0.6 is 24.0 Å². The Morgan fingerprint density at radius 3 is 2.61 bits per heavy atom. The molecule has 3 N–H and O–H groups in total. The second-order valence-corrected chi connectivity index (χ2v) is 6.65. The summed E-state index contributed by atoms with van der Waals surface area (Å²) in [6.45, 7) is 7.57. The second kappa shape index (κ2) is 14.3. The fraction of sp³-hybridized carbons (Fsp3) is 0.941. The van der Waals surface area contributed by atoms with Crippen molar-refractivity contribution in [3.8, 4) is 0 Å². The summed E-state index contributed by atoms with van der Waals surface area (Å²) in [6, 6.07) is 0.599. The Morgan fingerprint density at radius 1 is 1.22 bits per heavy atom. The van der Waals surface area contributed by atoms with Gasteiger partial charge in [0.05, 0.1) is 6.54 Å². The van der Waals surface area contributed by atoms with E-state index in [0.29, 0.717) is 12.0 Å². The normalized spacial score (nSPS) is 19.1. The van der Waals surface area contributed by atoms with Gasteiger partial charge in [-0.15, -0.1) is 24.0 Å². The molecule has 1 heterocycles. The molecule has 1 rings (SSSR count). The van der Waals surface area contributed by atoms with E-state index in [1.807, 2.05) is 0 Å². The van der Waals surface area contributed by atoms with Crippen LogP contribution in [0.25, 0.3) is 0 Å². The highest BCUT2D eigenvalue weighted by molar-refractivity contribution is 14.0. The van der Waals surface area contributed by atoms with E-state index < -0.39 is 0 Å². The maximum atomic E-state index is 5.95. The van der Waals surface area contributed by atoms with Gasteiger partial charge in [-0.1, -0.05) is 26.2 Å². The minimum Gasteiger partial charge on any atom is -0.370 e. The first-order valence-corrected chi connectivity index (χ1v) is 9.06. The Labute approximate surface area is 160 Å². The first-order chi connectivity index (χ1) is 10.6. The Balaban J connectivity index is 0.00000484. The summed E-state index contributed by atoms with van der Waals surface area (Å²) in [7, 11) is 4.27. The van der Waals surface area contributed by atoms with Crippen molar-refractivity contribution in [2.75, 3.05) is 46.8 Å². The molecule has 0 spiro atoms. The molecule has 5 nitrogen and oxygen atoms in total. The molecule has 0 aromatic heterocycles. The van der Waals surface area contributed by atoms with Crippen LogP contribution in [0.4, 0.5) is 0 Å². The molecule has 0 aromatic rings. The Hall–Kier alpha value is -0.0800. The molecule has 1 aliphatic heterocycles. The molecule has 1 fully saturated rings. The molecule has 0 bridgehead atoms. The predicted molar refractivity (Wildman–Crippen MR) is 112 cm³/mol. The molecule has 1 saturated heterocycles. The Kier molecular flexibility index (Phi) is 14.2. The van der Waals surface area contributed by atoms with Gasteiger partial charge in [0.25, 0.3) is 0 Å². The van der Waals surface area contributed by atoms with Gasteiger partial charge in [0, 0.05) is 12.6 Å². The minimum absolute atomic E-state index is 0. The third-order valence-electron chi connectivity index (χ3n) is 4.47. The summed E-state index contributed by atoms with van der Waals surface area (Å²) < 4.78 is 0. The second-order valence-electron chi connectivity index (χ2n) is 6.65. The molecule has 1 unspecified atom stereocenters. The van der Waals surface area contributed by atoms with E-state index in [9.17, 15) is 0 Å². The number of rotatable bonds is 11. The predicted octanol–water partition coefficient (Wildman–Crippen LogP) is 2.51. The maximum absolute atomic E-state index is 5.95. The summed E-state index contributed by atoms with van der Waals surface area (Å²) >= 11 is 0. The average Bonchev–Trinajstić information content (AvgIpc) is 2.95. The van der Waals surface area contributed by atoms with Gasteiger partial charge in [-0.25, -0.2) is 0 Å². The van der Waals surface area contributed by atoms with Gasteiger partial charge in [-0.3, -0.25) is 9.89 Å². The maximum Gasteiger partial charge on any atom is 0.188 e. The minimum atomic E-state index is 0. The number of nitrogens with zero attached hydrogens (tertiary/aromatic N) is 3. The number of aliphatic imine (C=N–C) groups is 1. The number of unbranched alkanes of at least 4 members (excludes halogenated alkanes) is 4. The lowest BCUT2D eigenvalue weighted by molar-refractivity contribution is 0.273. The summed E-state index contributed by atoms with van der Waals surface area (Å²) in [5, 5.41) is 3.25. The number of hydrogen-bond acceptors (Lipinski definition) is 3. The summed E-state index contributed by atoms with van der Waals surface area (Å²) in [6.07, 6.45) is 8.98. The van der Waals surface area contributed by atoms with Crippen LogP contribution in [0, 0.1) is 0 Å². The molecular weight excluding hydrogens is 401 g/mol. The van der Waals surface area contributed by atoms with E-state index in [1.165, 1.54) is 58.0 Å².